The maximum atomic E-state index is 12.8. The molecule has 1 heterocycles. The van der Waals surface area contributed by atoms with Crippen molar-refractivity contribution in [2.24, 2.45) is 0 Å². The van der Waals surface area contributed by atoms with Crippen molar-refractivity contribution in [2.45, 2.75) is 52.4 Å². The minimum atomic E-state index is -0.894. The fourth-order valence-electron chi connectivity index (χ4n) is 3.28. The van der Waals surface area contributed by atoms with Crippen LogP contribution in [0.1, 0.15) is 31.9 Å². The second kappa shape index (κ2) is 10.1. The van der Waals surface area contributed by atoms with Gasteiger partial charge < -0.3 is 19.2 Å². The van der Waals surface area contributed by atoms with E-state index in [-0.39, 0.29) is 6.10 Å². The molecule has 0 unspecified atom stereocenters. The summed E-state index contributed by atoms with van der Waals surface area (Å²) in [7, 11) is 0. The van der Waals surface area contributed by atoms with E-state index < -0.39 is 29.6 Å². The molecule has 0 fully saturated rings. The van der Waals surface area contributed by atoms with Crippen LogP contribution in [0.2, 0.25) is 0 Å². The van der Waals surface area contributed by atoms with E-state index in [9.17, 15) is 14.4 Å². The maximum Gasteiger partial charge on any atom is 0.336 e. The van der Waals surface area contributed by atoms with Gasteiger partial charge in [0.15, 0.2) is 6.10 Å². The van der Waals surface area contributed by atoms with Gasteiger partial charge in [-0.1, -0.05) is 30.3 Å². The molecule has 0 radical (unpaired) electrons. The first-order valence-electron chi connectivity index (χ1n) is 10.5. The lowest BCUT2D eigenvalue weighted by Gasteiger charge is -2.22. The van der Waals surface area contributed by atoms with Gasteiger partial charge in [0.2, 0.25) is 0 Å². The van der Waals surface area contributed by atoms with Crippen molar-refractivity contribution in [3.05, 3.63) is 76.1 Å². The topological polar surface area (TPSA) is 94.8 Å². The lowest BCUT2D eigenvalue weighted by Crippen LogP contribution is -2.48. The van der Waals surface area contributed by atoms with Gasteiger partial charge >= 0.3 is 11.6 Å². The molecule has 32 heavy (non-hydrogen) atoms. The summed E-state index contributed by atoms with van der Waals surface area (Å²) in [6.07, 6.45) is -0.901. The van der Waals surface area contributed by atoms with Gasteiger partial charge in [-0.15, -0.1) is 0 Å². The van der Waals surface area contributed by atoms with Crippen LogP contribution in [0.4, 0.5) is 0 Å². The number of carbonyl (C=O) groups excluding carboxylic acids is 2. The number of fused-ring (bicyclic) bond motifs is 1. The van der Waals surface area contributed by atoms with Gasteiger partial charge in [-0.2, -0.15) is 0 Å². The van der Waals surface area contributed by atoms with Crippen LogP contribution in [0.25, 0.3) is 11.0 Å². The summed E-state index contributed by atoms with van der Waals surface area (Å²) in [5.41, 5.74) is 1.61. The van der Waals surface area contributed by atoms with Crippen LogP contribution in [0.5, 0.6) is 5.75 Å². The third kappa shape index (κ3) is 5.97. The molecule has 0 bridgehead atoms. The molecule has 0 aliphatic heterocycles. The lowest BCUT2D eigenvalue weighted by atomic mass is 10.1. The molecule has 0 aliphatic carbocycles. The van der Waals surface area contributed by atoms with Crippen molar-refractivity contribution in [3.8, 4) is 5.75 Å². The average molecular weight is 437 g/mol. The molecule has 1 N–H and O–H groups in total. The molecule has 1 aromatic heterocycles. The fraction of sp³-hybridized carbons (Fsp3) is 0.320. The number of esters is 1. The Labute approximate surface area is 186 Å². The number of benzene rings is 2. The molecule has 7 nitrogen and oxygen atoms in total. The van der Waals surface area contributed by atoms with E-state index in [2.05, 4.69) is 5.32 Å². The number of rotatable bonds is 8. The van der Waals surface area contributed by atoms with E-state index in [1.807, 2.05) is 37.3 Å². The Balaban J connectivity index is 1.73. The smallest absolute Gasteiger partial charge is 0.336 e. The van der Waals surface area contributed by atoms with Crippen LogP contribution < -0.4 is 15.7 Å². The monoisotopic (exact) mass is 437 g/mol. The van der Waals surface area contributed by atoms with Gasteiger partial charge in [0.05, 0.1) is 6.10 Å². The van der Waals surface area contributed by atoms with E-state index in [1.54, 1.807) is 39.0 Å². The highest BCUT2D eigenvalue weighted by molar-refractivity contribution is 5.87. The number of aryl methyl sites for hydroxylation is 1. The number of carbonyl (C=O) groups is 2. The summed E-state index contributed by atoms with van der Waals surface area (Å²) in [4.78, 5) is 37.0. The lowest BCUT2D eigenvalue weighted by molar-refractivity contribution is -0.152. The van der Waals surface area contributed by atoms with Gasteiger partial charge in [0.25, 0.3) is 5.91 Å². The average Bonchev–Trinajstić information content (AvgIpc) is 2.73. The third-order valence-electron chi connectivity index (χ3n) is 4.84. The molecule has 3 rings (SSSR count). The Bertz CT molecular complexity index is 1150. The highest BCUT2D eigenvalue weighted by Gasteiger charge is 2.26. The Morgan fingerprint density at radius 2 is 1.75 bits per heavy atom. The van der Waals surface area contributed by atoms with E-state index in [0.717, 1.165) is 16.5 Å². The third-order valence-corrected chi connectivity index (χ3v) is 4.84. The zero-order valence-corrected chi connectivity index (χ0v) is 18.6. The minimum absolute atomic E-state index is 0.297. The van der Waals surface area contributed by atoms with E-state index in [4.69, 9.17) is 13.9 Å². The van der Waals surface area contributed by atoms with Crippen LogP contribution in [0.3, 0.4) is 0 Å². The summed E-state index contributed by atoms with van der Waals surface area (Å²) in [6.45, 7) is 6.91. The van der Waals surface area contributed by atoms with Crippen molar-refractivity contribution >= 4 is 22.8 Å². The van der Waals surface area contributed by atoms with E-state index in [1.165, 1.54) is 6.07 Å². The molecule has 7 heteroatoms. The van der Waals surface area contributed by atoms with Gasteiger partial charge in [-0.25, -0.2) is 9.59 Å². The molecule has 0 aliphatic rings. The Hall–Kier alpha value is -3.61. The van der Waals surface area contributed by atoms with Gasteiger partial charge in [0.1, 0.15) is 17.4 Å². The number of hydrogen-bond donors (Lipinski definition) is 1. The first-order valence-corrected chi connectivity index (χ1v) is 10.5. The van der Waals surface area contributed by atoms with Crippen molar-refractivity contribution in [3.63, 3.8) is 0 Å². The van der Waals surface area contributed by atoms with Crippen molar-refractivity contribution in [1.29, 1.82) is 0 Å². The van der Waals surface area contributed by atoms with E-state index >= 15 is 0 Å². The summed E-state index contributed by atoms with van der Waals surface area (Å²) >= 11 is 0. The van der Waals surface area contributed by atoms with Gasteiger partial charge in [-0.05, 0) is 51.0 Å². The highest BCUT2D eigenvalue weighted by atomic mass is 16.5. The van der Waals surface area contributed by atoms with Crippen molar-refractivity contribution in [2.75, 3.05) is 0 Å². The molecule has 1 amide bonds. The molecule has 0 saturated heterocycles. The predicted octanol–water partition coefficient (Wildman–Crippen LogP) is 3.55. The molecule has 3 aromatic rings. The Kier molecular flexibility index (Phi) is 7.30. The largest absolute Gasteiger partial charge is 0.481 e. The highest BCUT2D eigenvalue weighted by Crippen LogP contribution is 2.23. The summed E-state index contributed by atoms with van der Waals surface area (Å²) < 4.78 is 16.3. The normalized spacial score (nSPS) is 12.9. The fourth-order valence-corrected chi connectivity index (χ4v) is 3.28. The summed E-state index contributed by atoms with van der Waals surface area (Å²) in [5, 5.41) is 3.52. The minimum Gasteiger partial charge on any atom is -0.481 e. The van der Waals surface area contributed by atoms with E-state index in [0.29, 0.717) is 17.8 Å². The molecule has 0 spiro atoms. The van der Waals surface area contributed by atoms with Crippen molar-refractivity contribution in [1.82, 2.24) is 5.32 Å². The zero-order chi connectivity index (χ0) is 23.3. The second-order valence-corrected chi connectivity index (χ2v) is 7.90. The van der Waals surface area contributed by atoms with Crippen LogP contribution in [0.15, 0.2) is 63.8 Å². The first kappa shape index (κ1) is 23.1. The number of amides is 1. The standard InChI is InChI=1S/C25H27NO6/c1-15(2)30-25(29)21(13-18-8-6-5-7-9-18)26-24(28)17(4)31-19-10-11-20-16(3)12-23(27)32-22(20)14-19/h5-12,14-15,17,21H,13H2,1-4H3,(H,26,28)/t17-,21+/m1/s1. The van der Waals surface area contributed by atoms with Gasteiger partial charge in [-0.3, -0.25) is 4.79 Å². The molecular formula is C25H27NO6. The number of nitrogens with one attached hydrogen (secondary N) is 1. The SMILES string of the molecule is Cc1cc(=O)oc2cc(O[C@H](C)C(=O)N[C@@H](Cc3ccccc3)C(=O)OC(C)C)ccc12. The quantitative estimate of drug-likeness (QED) is 0.428. The molecule has 168 valence electrons. The molecule has 0 saturated carbocycles. The van der Waals surface area contributed by atoms with Crippen LogP contribution in [-0.4, -0.2) is 30.1 Å². The number of ether oxygens (including phenoxy) is 2. The number of hydrogen-bond acceptors (Lipinski definition) is 6. The molecular weight excluding hydrogens is 410 g/mol. The predicted molar refractivity (Wildman–Crippen MR) is 121 cm³/mol. The molecule has 2 aromatic carbocycles. The molecule has 2 atom stereocenters. The summed E-state index contributed by atoms with van der Waals surface area (Å²) in [6, 6.07) is 15.0. The van der Waals surface area contributed by atoms with Crippen LogP contribution >= 0.6 is 0 Å². The van der Waals surface area contributed by atoms with Crippen molar-refractivity contribution < 1.29 is 23.5 Å². The van der Waals surface area contributed by atoms with Crippen LogP contribution in [0, 0.1) is 6.92 Å². The maximum absolute atomic E-state index is 12.8. The second-order valence-electron chi connectivity index (χ2n) is 7.90. The van der Waals surface area contributed by atoms with Gasteiger partial charge in [0, 0.05) is 23.9 Å². The Morgan fingerprint density at radius 3 is 2.44 bits per heavy atom. The van der Waals surface area contributed by atoms with Crippen LogP contribution in [-0.2, 0) is 20.7 Å². The summed E-state index contributed by atoms with van der Waals surface area (Å²) in [5.74, 6) is -0.594. The first-order chi connectivity index (χ1) is 15.2. The zero-order valence-electron chi connectivity index (χ0n) is 18.6. The Morgan fingerprint density at radius 1 is 1.03 bits per heavy atom.